The number of aromatic nitrogens is 2. The molecule has 4 N–H and O–H groups in total. The molecule has 0 aliphatic carbocycles. The largest absolute Gasteiger partial charge is 0.416 e. The number of nitrogen functional groups attached to an aromatic ring is 2. The maximum atomic E-state index is 12.7. The van der Waals surface area contributed by atoms with E-state index in [2.05, 4.69) is 9.97 Å². The molecular formula is C12H8F3N5. The van der Waals surface area contributed by atoms with Gasteiger partial charge in [-0.25, -0.2) is 4.98 Å². The van der Waals surface area contributed by atoms with Crippen LogP contribution in [0.15, 0.2) is 24.3 Å². The van der Waals surface area contributed by atoms with Crippen molar-refractivity contribution in [3.8, 4) is 17.3 Å². The van der Waals surface area contributed by atoms with Crippen LogP contribution in [0.2, 0.25) is 0 Å². The van der Waals surface area contributed by atoms with Gasteiger partial charge in [0.05, 0.1) is 11.3 Å². The first kappa shape index (κ1) is 13.6. The van der Waals surface area contributed by atoms with Crippen molar-refractivity contribution in [1.29, 1.82) is 5.26 Å². The first-order valence-electron chi connectivity index (χ1n) is 5.33. The quantitative estimate of drug-likeness (QED) is 0.833. The van der Waals surface area contributed by atoms with Crippen LogP contribution in [-0.2, 0) is 6.18 Å². The number of nitrogens with two attached hydrogens (primary N) is 2. The Kier molecular flexibility index (Phi) is 3.19. The molecule has 1 aromatic heterocycles. The van der Waals surface area contributed by atoms with Crippen LogP contribution in [0.1, 0.15) is 11.1 Å². The van der Waals surface area contributed by atoms with Crippen molar-refractivity contribution in [3.63, 3.8) is 0 Å². The first-order valence-corrected chi connectivity index (χ1v) is 5.33. The normalized spacial score (nSPS) is 11.1. The van der Waals surface area contributed by atoms with Gasteiger partial charge in [-0.3, -0.25) is 0 Å². The second kappa shape index (κ2) is 4.70. The van der Waals surface area contributed by atoms with Gasteiger partial charge in [0.2, 0.25) is 5.95 Å². The van der Waals surface area contributed by atoms with Crippen molar-refractivity contribution in [3.05, 3.63) is 35.4 Å². The van der Waals surface area contributed by atoms with Gasteiger partial charge in [0.25, 0.3) is 0 Å². The van der Waals surface area contributed by atoms with Crippen LogP contribution >= 0.6 is 0 Å². The van der Waals surface area contributed by atoms with E-state index in [4.69, 9.17) is 16.7 Å². The van der Waals surface area contributed by atoms with Crippen LogP contribution < -0.4 is 11.5 Å². The Labute approximate surface area is 111 Å². The Bertz CT molecular complexity index is 703. The fourth-order valence-electron chi connectivity index (χ4n) is 1.66. The summed E-state index contributed by atoms with van der Waals surface area (Å²) in [5, 5.41) is 9.01. The molecule has 1 aromatic carbocycles. The molecule has 0 bridgehead atoms. The molecule has 102 valence electrons. The van der Waals surface area contributed by atoms with E-state index in [1.807, 2.05) is 0 Å². The summed E-state index contributed by atoms with van der Waals surface area (Å²) in [6.07, 6.45) is -4.49. The molecule has 0 aliphatic heterocycles. The molecule has 0 amide bonds. The predicted molar refractivity (Wildman–Crippen MR) is 66.0 cm³/mol. The minimum Gasteiger partial charge on any atom is -0.382 e. The van der Waals surface area contributed by atoms with Crippen LogP contribution in [0.4, 0.5) is 24.9 Å². The lowest BCUT2D eigenvalue weighted by Crippen LogP contribution is -2.07. The fourth-order valence-corrected chi connectivity index (χ4v) is 1.66. The number of anilines is 2. The molecule has 0 aliphatic rings. The van der Waals surface area contributed by atoms with Crippen LogP contribution in [0.5, 0.6) is 0 Å². The lowest BCUT2D eigenvalue weighted by molar-refractivity contribution is -0.137. The number of rotatable bonds is 1. The standard InChI is InChI=1S/C12H8F3N5/c13-12(14,15)7-3-1-2-6(4-7)9-8(5-16)10(17)20-11(18)19-9/h1-4H,(H4,17,18,19,20). The van der Waals surface area contributed by atoms with E-state index in [-0.39, 0.29) is 28.6 Å². The molecule has 0 unspecified atom stereocenters. The Morgan fingerprint density at radius 1 is 1.15 bits per heavy atom. The third-order valence-electron chi connectivity index (χ3n) is 2.53. The highest BCUT2D eigenvalue weighted by Gasteiger charge is 2.30. The van der Waals surface area contributed by atoms with Gasteiger partial charge < -0.3 is 11.5 Å². The van der Waals surface area contributed by atoms with Gasteiger partial charge in [0.15, 0.2) is 0 Å². The van der Waals surface area contributed by atoms with Gasteiger partial charge in [-0.05, 0) is 12.1 Å². The van der Waals surface area contributed by atoms with E-state index >= 15 is 0 Å². The van der Waals surface area contributed by atoms with E-state index in [1.165, 1.54) is 12.1 Å². The van der Waals surface area contributed by atoms with Gasteiger partial charge in [-0.15, -0.1) is 0 Å². The lowest BCUT2D eigenvalue weighted by Gasteiger charge is -2.10. The Hall–Kier alpha value is -2.82. The average Bonchev–Trinajstić information content (AvgIpc) is 2.37. The molecule has 0 saturated heterocycles. The molecule has 2 aromatic rings. The van der Waals surface area contributed by atoms with Crippen LogP contribution in [-0.4, -0.2) is 9.97 Å². The third kappa shape index (κ3) is 2.47. The molecule has 20 heavy (non-hydrogen) atoms. The molecule has 5 nitrogen and oxygen atoms in total. The zero-order valence-corrected chi connectivity index (χ0v) is 9.94. The molecule has 0 atom stereocenters. The van der Waals surface area contributed by atoms with Crippen molar-refractivity contribution in [1.82, 2.24) is 9.97 Å². The number of halogens is 3. The van der Waals surface area contributed by atoms with Crippen molar-refractivity contribution >= 4 is 11.8 Å². The highest BCUT2D eigenvalue weighted by atomic mass is 19.4. The minimum absolute atomic E-state index is 0.0244. The molecule has 2 rings (SSSR count). The smallest absolute Gasteiger partial charge is 0.382 e. The Morgan fingerprint density at radius 3 is 2.45 bits per heavy atom. The summed E-state index contributed by atoms with van der Waals surface area (Å²) in [7, 11) is 0. The number of nitrogens with zero attached hydrogens (tertiary/aromatic N) is 3. The van der Waals surface area contributed by atoms with Gasteiger partial charge in [0.1, 0.15) is 17.5 Å². The SMILES string of the molecule is N#Cc1c(N)nc(N)nc1-c1cccc(C(F)(F)F)c1. The second-order valence-corrected chi connectivity index (χ2v) is 3.88. The van der Waals surface area contributed by atoms with E-state index in [0.29, 0.717) is 0 Å². The average molecular weight is 279 g/mol. The molecular weight excluding hydrogens is 271 g/mol. The topological polar surface area (TPSA) is 102 Å². The molecule has 8 heteroatoms. The zero-order valence-electron chi connectivity index (χ0n) is 9.94. The summed E-state index contributed by atoms with van der Waals surface area (Å²) in [5.41, 5.74) is 10.0. The van der Waals surface area contributed by atoms with Crippen molar-refractivity contribution in [2.45, 2.75) is 6.18 Å². The Morgan fingerprint density at radius 2 is 1.85 bits per heavy atom. The van der Waals surface area contributed by atoms with Gasteiger partial charge >= 0.3 is 6.18 Å². The number of hydrogen-bond donors (Lipinski definition) is 2. The highest BCUT2D eigenvalue weighted by Crippen LogP contribution is 2.33. The molecule has 1 heterocycles. The van der Waals surface area contributed by atoms with Gasteiger partial charge in [0, 0.05) is 5.56 Å². The summed E-state index contributed by atoms with van der Waals surface area (Å²) in [5.74, 6) is -0.388. The van der Waals surface area contributed by atoms with E-state index < -0.39 is 11.7 Å². The number of alkyl halides is 3. The summed E-state index contributed by atoms with van der Waals surface area (Å²) in [6, 6.07) is 6.16. The zero-order chi connectivity index (χ0) is 14.9. The highest BCUT2D eigenvalue weighted by molar-refractivity contribution is 5.73. The van der Waals surface area contributed by atoms with Gasteiger partial charge in [-0.1, -0.05) is 12.1 Å². The molecule has 0 radical (unpaired) electrons. The van der Waals surface area contributed by atoms with Gasteiger partial charge in [-0.2, -0.15) is 23.4 Å². The predicted octanol–water partition coefficient (Wildman–Crippen LogP) is 2.20. The monoisotopic (exact) mass is 279 g/mol. The fraction of sp³-hybridized carbons (Fsp3) is 0.0833. The minimum atomic E-state index is -4.49. The number of nitriles is 1. The Balaban J connectivity index is 2.67. The molecule has 0 saturated carbocycles. The summed E-state index contributed by atoms with van der Waals surface area (Å²) < 4.78 is 38.0. The van der Waals surface area contributed by atoms with Crippen LogP contribution in [0.25, 0.3) is 11.3 Å². The number of benzene rings is 1. The lowest BCUT2D eigenvalue weighted by atomic mass is 10.0. The van der Waals surface area contributed by atoms with Crippen molar-refractivity contribution in [2.75, 3.05) is 11.5 Å². The summed E-state index contributed by atoms with van der Waals surface area (Å²) in [6.45, 7) is 0. The van der Waals surface area contributed by atoms with Crippen LogP contribution in [0, 0.1) is 11.3 Å². The van der Waals surface area contributed by atoms with E-state index in [1.54, 1.807) is 6.07 Å². The van der Waals surface area contributed by atoms with Crippen molar-refractivity contribution in [2.24, 2.45) is 0 Å². The van der Waals surface area contributed by atoms with E-state index in [9.17, 15) is 13.2 Å². The summed E-state index contributed by atoms with van der Waals surface area (Å²) >= 11 is 0. The second-order valence-electron chi connectivity index (χ2n) is 3.88. The number of hydrogen-bond acceptors (Lipinski definition) is 5. The van der Waals surface area contributed by atoms with Crippen LogP contribution in [0.3, 0.4) is 0 Å². The van der Waals surface area contributed by atoms with Crippen molar-refractivity contribution < 1.29 is 13.2 Å². The maximum absolute atomic E-state index is 12.7. The maximum Gasteiger partial charge on any atom is 0.416 e. The first-order chi connectivity index (χ1) is 9.32. The third-order valence-corrected chi connectivity index (χ3v) is 2.53. The summed E-state index contributed by atoms with van der Waals surface area (Å²) in [4.78, 5) is 7.40. The van der Waals surface area contributed by atoms with E-state index in [0.717, 1.165) is 12.1 Å². The molecule has 0 spiro atoms. The molecule has 0 fully saturated rings.